The van der Waals surface area contributed by atoms with Gasteiger partial charge in [-0.3, -0.25) is 15.4 Å². The van der Waals surface area contributed by atoms with Crippen LogP contribution in [0.4, 0.5) is 5.69 Å². The molecule has 0 aliphatic carbocycles. The van der Waals surface area contributed by atoms with E-state index >= 15 is 0 Å². The van der Waals surface area contributed by atoms with Gasteiger partial charge in [-0.2, -0.15) is 5.10 Å². The molecule has 0 atom stereocenters. The summed E-state index contributed by atoms with van der Waals surface area (Å²) in [5.41, 5.74) is 6.56. The Hall–Kier alpha value is -2.95. The predicted octanol–water partition coefficient (Wildman–Crippen LogP) is 3.39. The maximum atomic E-state index is 5.26. The Kier molecular flexibility index (Phi) is 3.96. The molecule has 0 aliphatic rings. The van der Waals surface area contributed by atoms with Gasteiger partial charge in [0.1, 0.15) is 5.75 Å². The maximum absolute atomic E-state index is 5.26. The number of anilines is 1. The number of hydrogen-bond acceptors (Lipinski definition) is 5. The first-order chi connectivity index (χ1) is 10.8. The highest BCUT2D eigenvalue weighted by Crippen LogP contribution is 2.25. The minimum Gasteiger partial charge on any atom is -0.497 e. The largest absolute Gasteiger partial charge is 0.497 e. The summed E-state index contributed by atoms with van der Waals surface area (Å²) in [5, 5.41) is 5.21. The number of hydrazone groups is 1. The average molecular weight is 292 g/mol. The van der Waals surface area contributed by atoms with E-state index in [4.69, 9.17) is 4.74 Å². The zero-order chi connectivity index (χ0) is 15.4. The average Bonchev–Trinajstić information content (AvgIpc) is 2.55. The van der Waals surface area contributed by atoms with Gasteiger partial charge in [0.2, 0.25) is 0 Å². The first kappa shape index (κ1) is 14.0. The normalized spacial score (nSPS) is 11.0. The third kappa shape index (κ3) is 3.03. The van der Waals surface area contributed by atoms with Crippen LogP contribution in [0.15, 0.2) is 53.8 Å². The number of nitrogens with zero attached hydrogens (tertiary/aromatic N) is 3. The lowest BCUT2D eigenvalue weighted by Crippen LogP contribution is -1.95. The van der Waals surface area contributed by atoms with E-state index in [-0.39, 0.29) is 0 Å². The van der Waals surface area contributed by atoms with Crippen molar-refractivity contribution < 1.29 is 4.74 Å². The molecule has 2 heterocycles. The third-order valence-corrected chi connectivity index (χ3v) is 3.24. The van der Waals surface area contributed by atoms with Gasteiger partial charge in [-0.25, -0.2) is 0 Å². The molecule has 0 fully saturated rings. The molecule has 1 aromatic carbocycles. The molecule has 0 saturated heterocycles. The van der Waals surface area contributed by atoms with Crippen molar-refractivity contribution in [3.63, 3.8) is 0 Å². The second kappa shape index (κ2) is 6.22. The number of hydrogen-bond donors (Lipinski definition) is 1. The molecule has 0 bridgehead atoms. The molecule has 22 heavy (non-hydrogen) atoms. The summed E-state index contributed by atoms with van der Waals surface area (Å²) in [6.07, 6.45) is 3.44. The number of aryl methyl sites for hydroxylation is 1. The van der Waals surface area contributed by atoms with Crippen molar-refractivity contribution in [1.82, 2.24) is 9.97 Å². The minimum atomic E-state index is 0.785. The van der Waals surface area contributed by atoms with Gasteiger partial charge in [0.15, 0.2) is 0 Å². The van der Waals surface area contributed by atoms with Crippen LogP contribution in [0.2, 0.25) is 0 Å². The number of nitrogens with one attached hydrogen (secondary N) is 1. The molecule has 0 amide bonds. The molecule has 5 nitrogen and oxygen atoms in total. The lowest BCUT2D eigenvalue weighted by molar-refractivity contribution is 0.415. The number of rotatable bonds is 4. The van der Waals surface area contributed by atoms with Crippen molar-refractivity contribution in [2.75, 3.05) is 12.5 Å². The molecule has 0 aliphatic heterocycles. The van der Waals surface area contributed by atoms with Gasteiger partial charge >= 0.3 is 0 Å². The quantitative estimate of drug-likeness (QED) is 0.591. The smallest absolute Gasteiger partial charge is 0.119 e. The second-order valence-corrected chi connectivity index (χ2v) is 4.82. The maximum Gasteiger partial charge on any atom is 0.119 e. The summed E-state index contributed by atoms with van der Waals surface area (Å²) in [5.74, 6) is 0.785. The molecule has 3 aromatic rings. The molecule has 2 aromatic heterocycles. The summed E-state index contributed by atoms with van der Waals surface area (Å²) in [7, 11) is 1.65. The zero-order valence-electron chi connectivity index (χ0n) is 12.4. The summed E-state index contributed by atoms with van der Waals surface area (Å²) in [4.78, 5) is 8.71. The standard InChI is InChI=1S/C17H16N4O/c1-12-4-3-5-13(20-12)11-19-21-17-8-9-18-16-7-6-14(22-2)10-15(16)17/h3-11H,1-2H3,(H,18,21)/b19-11+. The van der Waals surface area contributed by atoms with Gasteiger partial charge in [-0.15, -0.1) is 0 Å². The SMILES string of the molecule is COc1ccc2nccc(N/N=C/c3cccc(C)n3)c2c1. The molecule has 0 unspecified atom stereocenters. The van der Waals surface area contributed by atoms with Crippen LogP contribution in [0.1, 0.15) is 11.4 Å². The summed E-state index contributed by atoms with van der Waals surface area (Å²) >= 11 is 0. The van der Waals surface area contributed by atoms with Crippen LogP contribution in [0.3, 0.4) is 0 Å². The fourth-order valence-corrected chi connectivity index (χ4v) is 2.15. The van der Waals surface area contributed by atoms with E-state index < -0.39 is 0 Å². The summed E-state index contributed by atoms with van der Waals surface area (Å²) in [6.45, 7) is 1.95. The van der Waals surface area contributed by atoms with Crippen molar-refractivity contribution >= 4 is 22.8 Å². The third-order valence-electron chi connectivity index (χ3n) is 3.24. The van der Waals surface area contributed by atoms with E-state index in [0.29, 0.717) is 0 Å². The second-order valence-electron chi connectivity index (χ2n) is 4.82. The fourth-order valence-electron chi connectivity index (χ4n) is 2.15. The van der Waals surface area contributed by atoms with Crippen molar-refractivity contribution in [2.45, 2.75) is 6.92 Å². The van der Waals surface area contributed by atoms with Crippen molar-refractivity contribution in [3.8, 4) is 5.75 Å². The Bertz CT molecular complexity index is 830. The summed E-state index contributed by atoms with van der Waals surface area (Å²) < 4.78 is 5.26. The Morgan fingerprint density at radius 2 is 2.09 bits per heavy atom. The number of pyridine rings is 2. The molecule has 0 spiro atoms. The van der Waals surface area contributed by atoms with E-state index in [0.717, 1.165) is 33.7 Å². The van der Waals surface area contributed by atoms with E-state index in [1.54, 1.807) is 19.5 Å². The van der Waals surface area contributed by atoms with Gasteiger partial charge in [0.05, 0.1) is 30.2 Å². The molecule has 0 radical (unpaired) electrons. The van der Waals surface area contributed by atoms with Crippen LogP contribution in [0, 0.1) is 6.92 Å². The molecule has 3 rings (SSSR count). The van der Waals surface area contributed by atoms with Crippen LogP contribution >= 0.6 is 0 Å². The Balaban J connectivity index is 1.87. The van der Waals surface area contributed by atoms with E-state index in [9.17, 15) is 0 Å². The summed E-state index contributed by atoms with van der Waals surface area (Å²) in [6, 6.07) is 13.4. The Morgan fingerprint density at radius 3 is 2.91 bits per heavy atom. The van der Waals surface area contributed by atoms with Crippen LogP contribution < -0.4 is 10.2 Å². The van der Waals surface area contributed by atoms with Gasteiger partial charge in [0.25, 0.3) is 0 Å². The van der Waals surface area contributed by atoms with E-state index in [2.05, 4.69) is 20.5 Å². The minimum absolute atomic E-state index is 0.785. The fraction of sp³-hybridized carbons (Fsp3) is 0.118. The zero-order valence-corrected chi connectivity index (χ0v) is 12.4. The number of methoxy groups -OCH3 is 1. The Labute approximate surface area is 128 Å². The van der Waals surface area contributed by atoms with Gasteiger partial charge in [0, 0.05) is 17.3 Å². The predicted molar refractivity (Wildman–Crippen MR) is 88.5 cm³/mol. The van der Waals surface area contributed by atoms with E-state index in [1.165, 1.54) is 0 Å². The molecule has 110 valence electrons. The van der Waals surface area contributed by atoms with Crippen LogP contribution in [-0.2, 0) is 0 Å². The number of benzene rings is 1. The topological polar surface area (TPSA) is 59.4 Å². The number of aromatic nitrogens is 2. The highest BCUT2D eigenvalue weighted by Gasteiger charge is 2.02. The molecular formula is C17H16N4O. The van der Waals surface area contributed by atoms with Crippen LogP contribution in [0.5, 0.6) is 5.75 Å². The van der Waals surface area contributed by atoms with Crippen molar-refractivity contribution in [2.24, 2.45) is 5.10 Å². The first-order valence-electron chi connectivity index (χ1n) is 6.92. The number of ether oxygens (including phenoxy) is 1. The lowest BCUT2D eigenvalue weighted by atomic mass is 10.2. The molecular weight excluding hydrogens is 276 g/mol. The van der Waals surface area contributed by atoms with Crippen LogP contribution in [0.25, 0.3) is 10.9 Å². The monoisotopic (exact) mass is 292 g/mol. The highest BCUT2D eigenvalue weighted by atomic mass is 16.5. The van der Waals surface area contributed by atoms with E-state index in [1.807, 2.05) is 49.4 Å². The number of fused-ring (bicyclic) bond motifs is 1. The molecule has 1 N–H and O–H groups in total. The van der Waals surface area contributed by atoms with Crippen LogP contribution in [-0.4, -0.2) is 23.3 Å². The van der Waals surface area contributed by atoms with Gasteiger partial charge in [-0.1, -0.05) is 6.07 Å². The van der Waals surface area contributed by atoms with Gasteiger partial charge in [-0.05, 0) is 43.3 Å². The van der Waals surface area contributed by atoms with Gasteiger partial charge < -0.3 is 4.74 Å². The lowest BCUT2D eigenvalue weighted by Gasteiger charge is -2.07. The highest BCUT2D eigenvalue weighted by molar-refractivity contribution is 5.92. The Morgan fingerprint density at radius 1 is 1.18 bits per heavy atom. The van der Waals surface area contributed by atoms with Crippen molar-refractivity contribution in [1.29, 1.82) is 0 Å². The van der Waals surface area contributed by atoms with Crippen molar-refractivity contribution in [3.05, 3.63) is 60.0 Å². The first-order valence-corrected chi connectivity index (χ1v) is 6.92. The molecule has 0 saturated carbocycles. The molecule has 5 heteroatoms.